The summed E-state index contributed by atoms with van der Waals surface area (Å²) in [5.74, 6) is 1.14. The van der Waals surface area contributed by atoms with Gasteiger partial charge in [-0.25, -0.2) is 0 Å². The van der Waals surface area contributed by atoms with Gasteiger partial charge in [-0.05, 0) is 42.3 Å². The Labute approximate surface area is 151 Å². The lowest BCUT2D eigenvalue weighted by atomic mass is 10.1. The summed E-state index contributed by atoms with van der Waals surface area (Å²) >= 11 is 11.8. The van der Waals surface area contributed by atoms with Crippen molar-refractivity contribution in [1.82, 2.24) is 4.90 Å². The van der Waals surface area contributed by atoms with Gasteiger partial charge >= 0.3 is 0 Å². The topological polar surface area (TPSA) is 38.8 Å². The Balaban J connectivity index is 1.81. The molecule has 0 spiro atoms. The first kappa shape index (κ1) is 18.4. The van der Waals surface area contributed by atoms with Gasteiger partial charge in [-0.2, -0.15) is 0 Å². The number of hydrogen-bond acceptors (Lipinski definition) is 3. The van der Waals surface area contributed by atoms with E-state index in [4.69, 9.17) is 32.7 Å². The molecule has 6 heteroatoms. The number of likely N-dealkylation sites (N-methyl/N-ethyl adjacent to an activating group) is 1. The molecule has 0 aliphatic rings. The molecule has 4 nitrogen and oxygen atoms in total. The van der Waals surface area contributed by atoms with Crippen LogP contribution >= 0.6 is 23.2 Å². The van der Waals surface area contributed by atoms with Crippen LogP contribution < -0.4 is 9.47 Å². The van der Waals surface area contributed by atoms with Crippen LogP contribution in [0.1, 0.15) is 5.56 Å². The van der Waals surface area contributed by atoms with Crippen LogP contribution in [-0.2, 0) is 11.2 Å². The summed E-state index contributed by atoms with van der Waals surface area (Å²) < 4.78 is 10.6. The predicted molar refractivity (Wildman–Crippen MR) is 96.3 cm³/mol. The number of nitrogens with zero attached hydrogens (tertiary/aromatic N) is 1. The van der Waals surface area contributed by atoms with Gasteiger partial charge in [0.2, 0.25) is 0 Å². The van der Waals surface area contributed by atoms with E-state index in [2.05, 4.69) is 0 Å². The molecule has 2 aromatic rings. The number of benzene rings is 2. The molecule has 0 fully saturated rings. The number of halogens is 2. The first-order chi connectivity index (χ1) is 11.5. The molecule has 0 radical (unpaired) electrons. The maximum Gasteiger partial charge on any atom is 0.260 e. The molecule has 1 amide bonds. The minimum atomic E-state index is -0.116. The standard InChI is InChI=1S/C18H19Cl2NO3/c1-21(10-9-13-3-6-15(23-2)7-4-13)18(22)12-24-17-8-5-14(19)11-16(17)20/h3-8,11H,9-10,12H2,1-2H3. The van der Waals surface area contributed by atoms with Crippen molar-refractivity contribution in [3.63, 3.8) is 0 Å². The second-order valence-corrected chi connectivity index (χ2v) is 6.12. The lowest BCUT2D eigenvalue weighted by Crippen LogP contribution is -2.33. The largest absolute Gasteiger partial charge is 0.497 e. The first-order valence-electron chi connectivity index (χ1n) is 7.44. The highest BCUT2D eigenvalue weighted by Crippen LogP contribution is 2.27. The van der Waals surface area contributed by atoms with Gasteiger partial charge < -0.3 is 14.4 Å². The average Bonchev–Trinajstić information content (AvgIpc) is 2.59. The molecule has 0 bridgehead atoms. The zero-order valence-electron chi connectivity index (χ0n) is 13.6. The lowest BCUT2D eigenvalue weighted by Gasteiger charge is -2.18. The highest BCUT2D eigenvalue weighted by Gasteiger charge is 2.11. The molecular weight excluding hydrogens is 349 g/mol. The van der Waals surface area contributed by atoms with Crippen molar-refractivity contribution in [2.75, 3.05) is 27.3 Å². The van der Waals surface area contributed by atoms with Gasteiger partial charge in [-0.3, -0.25) is 4.79 Å². The molecule has 0 unspecified atom stereocenters. The van der Waals surface area contributed by atoms with E-state index in [0.717, 1.165) is 17.7 Å². The van der Waals surface area contributed by atoms with Crippen LogP contribution in [0, 0.1) is 0 Å². The van der Waals surface area contributed by atoms with Crippen LogP contribution in [0.3, 0.4) is 0 Å². The monoisotopic (exact) mass is 367 g/mol. The van der Waals surface area contributed by atoms with E-state index in [-0.39, 0.29) is 12.5 Å². The SMILES string of the molecule is COc1ccc(CCN(C)C(=O)COc2ccc(Cl)cc2Cl)cc1. The van der Waals surface area contributed by atoms with Gasteiger partial charge in [0.25, 0.3) is 5.91 Å². The van der Waals surface area contributed by atoms with Gasteiger partial charge in [0, 0.05) is 18.6 Å². The van der Waals surface area contributed by atoms with E-state index >= 15 is 0 Å². The fourth-order valence-electron chi connectivity index (χ4n) is 2.06. The van der Waals surface area contributed by atoms with E-state index in [1.165, 1.54) is 0 Å². The van der Waals surface area contributed by atoms with Crippen molar-refractivity contribution in [1.29, 1.82) is 0 Å². The Kier molecular flexibility index (Phi) is 6.76. The minimum absolute atomic E-state index is 0.0690. The molecule has 0 aliphatic heterocycles. The summed E-state index contributed by atoms with van der Waals surface area (Å²) in [6, 6.07) is 12.7. The number of hydrogen-bond donors (Lipinski definition) is 0. The van der Waals surface area contributed by atoms with Crippen LogP contribution in [0.25, 0.3) is 0 Å². The van der Waals surface area contributed by atoms with E-state index in [1.807, 2.05) is 24.3 Å². The second-order valence-electron chi connectivity index (χ2n) is 5.28. The van der Waals surface area contributed by atoms with Crippen molar-refractivity contribution in [2.24, 2.45) is 0 Å². The van der Waals surface area contributed by atoms with Crippen molar-refractivity contribution < 1.29 is 14.3 Å². The summed E-state index contributed by atoms with van der Waals surface area (Å²) in [5, 5.41) is 0.909. The molecule has 0 aromatic heterocycles. The predicted octanol–water partition coefficient (Wildman–Crippen LogP) is 4.08. The zero-order chi connectivity index (χ0) is 17.5. The molecule has 0 atom stereocenters. The zero-order valence-corrected chi connectivity index (χ0v) is 15.1. The Morgan fingerprint density at radius 2 is 1.83 bits per heavy atom. The Morgan fingerprint density at radius 1 is 1.12 bits per heavy atom. The smallest absolute Gasteiger partial charge is 0.260 e. The van der Waals surface area contributed by atoms with E-state index in [9.17, 15) is 4.79 Å². The number of rotatable bonds is 7. The third-order valence-corrected chi connectivity index (χ3v) is 4.10. The fraction of sp³-hybridized carbons (Fsp3) is 0.278. The number of carbonyl (C=O) groups is 1. The lowest BCUT2D eigenvalue weighted by molar-refractivity contribution is -0.132. The summed E-state index contributed by atoms with van der Waals surface area (Å²) in [6.07, 6.45) is 0.758. The molecule has 24 heavy (non-hydrogen) atoms. The maximum atomic E-state index is 12.1. The van der Waals surface area contributed by atoms with E-state index < -0.39 is 0 Å². The molecule has 2 rings (SSSR count). The van der Waals surface area contributed by atoms with Gasteiger partial charge in [0.1, 0.15) is 11.5 Å². The molecule has 0 aliphatic carbocycles. The van der Waals surface area contributed by atoms with Gasteiger partial charge in [0.05, 0.1) is 12.1 Å². The van der Waals surface area contributed by atoms with Crippen LogP contribution in [0.4, 0.5) is 0 Å². The van der Waals surface area contributed by atoms with Gasteiger partial charge in [-0.1, -0.05) is 35.3 Å². The number of amides is 1. The third-order valence-electron chi connectivity index (χ3n) is 3.57. The minimum Gasteiger partial charge on any atom is -0.497 e. The van der Waals surface area contributed by atoms with Crippen molar-refractivity contribution in [2.45, 2.75) is 6.42 Å². The van der Waals surface area contributed by atoms with E-state index in [1.54, 1.807) is 37.3 Å². The molecule has 0 heterocycles. The van der Waals surface area contributed by atoms with Crippen LogP contribution in [0.5, 0.6) is 11.5 Å². The second kappa shape index (κ2) is 8.81. The molecule has 0 saturated heterocycles. The number of carbonyl (C=O) groups excluding carboxylic acids is 1. The molecular formula is C18H19Cl2NO3. The molecule has 0 saturated carbocycles. The van der Waals surface area contributed by atoms with Gasteiger partial charge in [-0.15, -0.1) is 0 Å². The molecule has 128 valence electrons. The van der Waals surface area contributed by atoms with Crippen molar-refractivity contribution in [3.05, 3.63) is 58.1 Å². The molecule has 0 N–H and O–H groups in total. The first-order valence-corrected chi connectivity index (χ1v) is 8.20. The highest BCUT2D eigenvalue weighted by atomic mass is 35.5. The Morgan fingerprint density at radius 3 is 2.46 bits per heavy atom. The Bertz CT molecular complexity index is 689. The number of methoxy groups -OCH3 is 1. The van der Waals surface area contributed by atoms with Crippen LogP contribution in [-0.4, -0.2) is 38.1 Å². The number of ether oxygens (including phenoxy) is 2. The summed E-state index contributed by atoms with van der Waals surface area (Å²) in [7, 11) is 3.38. The summed E-state index contributed by atoms with van der Waals surface area (Å²) in [4.78, 5) is 13.8. The van der Waals surface area contributed by atoms with Crippen LogP contribution in [0.2, 0.25) is 10.0 Å². The van der Waals surface area contributed by atoms with Crippen molar-refractivity contribution in [3.8, 4) is 11.5 Å². The summed E-state index contributed by atoms with van der Waals surface area (Å²) in [5.41, 5.74) is 1.14. The molecule has 2 aromatic carbocycles. The van der Waals surface area contributed by atoms with Gasteiger partial charge in [0.15, 0.2) is 6.61 Å². The quantitative estimate of drug-likeness (QED) is 0.739. The van der Waals surface area contributed by atoms with Crippen LogP contribution in [0.15, 0.2) is 42.5 Å². The maximum absolute atomic E-state index is 12.1. The Hall–Kier alpha value is -1.91. The third kappa shape index (κ3) is 5.32. The summed E-state index contributed by atoms with van der Waals surface area (Å²) in [6.45, 7) is 0.531. The highest BCUT2D eigenvalue weighted by molar-refractivity contribution is 6.35. The fourth-order valence-corrected chi connectivity index (χ4v) is 2.52. The van der Waals surface area contributed by atoms with E-state index in [0.29, 0.717) is 22.3 Å². The van der Waals surface area contributed by atoms with Crippen molar-refractivity contribution >= 4 is 29.1 Å². The normalized spacial score (nSPS) is 10.3. The average molecular weight is 368 g/mol.